The molecule has 3 rings (SSSR count). The zero-order chi connectivity index (χ0) is 14.5. The van der Waals surface area contributed by atoms with E-state index in [1.54, 1.807) is 0 Å². The Morgan fingerprint density at radius 1 is 0.952 bits per heavy atom. The number of benzene rings is 2. The molecular formula is C19H19NO. The number of hydrogen-bond acceptors (Lipinski definition) is 2. The van der Waals surface area contributed by atoms with Crippen molar-refractivity contribution in [3.63, 3.8) is 0 Å². The van der Waals surface area contributed by atoms with Crippen LogP contribution in [0.3, 0.4) is 0 Å². The Bertz CT molecular complexity index is 787. The summed E-state index contributed by atoms with van der Waals surface area (Å²) in [5.41, 5.74) is 1.62. The second kappa shape index (κ2) is 6.40. The van der Waals surface area contributed by atoms with Crippen LogP contribution in [-0.2, 0) is 6.42 Å². The van der Waals surface area contributed by atoms with Gasteiger partial charge in [0.1, 0.15) is 5.76 Å². The van der Waals surface area contributed by atoms with Crippen molar-refractivity contribution in [2.45, 2.75) is 26.2 Å². The summed E-state index contributed by atoms with van der Waals surface area (Å²) in [5, 5.41) is 2.24. The third-order valence-corrected chi connectivity index (χ3v) is 3.50. The molecule has 0 saturated carbocycles. The van der Waals surface area contributed by atoms with E-state index in [0.29, 0.717) is 5.55 Å². The molecule has 106 valence electrons. The number of rotatable bonds is 4. The zero-order valence-electron chi connectivity index (χ0n) is 12.3. The van der Waals surface area contributed by atoms with Gasteiger partial charge in [0.25, 0.3) is 0 Å². The number of unbranched alkanes of at least 4 members (excludes halogenated alkanes) is 1. The molecule has 2 heteroatoms. The fraction of sp³-hybridized carbons (Fsp3) is 0.211. The molecule has 0 unspecified atom stereocenters. The standard InChI is InChI=1S/C19H19NO/c1-2-3-12-17-14-15-9-7-8-13-18(15)19(21-17)20-16-10-5-4-6-11-16/h4-11,13-14H,2-3,12H2,1H3. The van der Waals surface area contributed by atoms with E-state index in [1.165, 1.54) is 5.39 Å². The van der Waals surface area contributed by atoms with Crippen LogP contribution in [0.15, 0.2) is 70.1 Å². The summed E-state index contributed by atoms with van der Waals surface area (Å²) >= 11 is 0. The molecule has 3 aromatic rings. The predicted octanol–water partition coefficient (Wildman–Crippen LogP) is 5.01. The Morgan fingerprint density at radius 3 is 2.52 bits per heavy atom. The van der Waals surface area contributed by atoms with Crippen LogP contribution in [0, 0.1) is 0 Å². The Morgan fingerprint density at radius 2 is 1.71 bits per heavy atom. The van der Waals surface area contributed by atoms with Gasteiger partial charge in [-0.05, 0) is 36.1 Å². The van der Waals surface area contributed by atoms with Gasteiger partial charge < -0.3 is 4.42 Å². The summed E-state index contributed by atoms with van der Waals surface area (Å²) in [6.07, 6.45) is 3.25. The summed E-state index contributed by atoms with van der Waals surface area (Å²) in [6.45, 7) is 2.19. The van der Waals surface area contributed by atoms with Crippen molar-refractivity contribution in [1.82, 2.24) is 0 Å². The SMILES string of the molecule is CCCCc1cc2ccccc2c(=Nc2ccccc2)o1. The summed E-state index contributed by atoms with van der Waals surface area (Å²) in [5.74, 6) is 1.00. The maximum absolute atomic E-state index is 6.03. The molecule has 0 N–H and O–H groups in total. The maximum atomic E-state index is 6.03. The first-order valence-corrected chi connectivity index (χ1v) is 7.48. The fourth-order valence-electron chi connectivity index (χ4n) is 2.38. The molecule has 0 atom stereocenters. The van der Waals surface area contributed by atoms with Crippen molar-refractivity contribution < 1.29 is 4.42 Å². The van der Waals surface area contributed by atoms with Gasteiger partial charge in [-0.15, -0.1) is 0 Å². The van der Waals surface area contributed by atoms with Gasteiger partial charge in [-0.2, -0.15) is 0 Å². The van der Waals surface area contributed by atoms with Crippen LogP contribution < -0.4 is 5.55 Å². The molecule has 0 spiro atoms. The van der Waals surface area contributed by atoms with Crippen LogP contribution in [0.4, 0.5) is 5.69 Å². The average Bonchev–Trinajstić information content (AvgIpc) is 2.54. The Balaban J connectivity index is 2.17. The minimum Gasteiger partial charge on any atom is -0.443 e. The predicted molar refractivity (Wildman–Crippen MR) is 86.5 cm³/mol. The molecule has 1 heterocycles. The summed E-state index contributed by atoms with van der Waals surface area (Å²) in [4.78, 5) is 4.67. The molecule has 0 saturated heterocycles. The lowest BCUT2D eigenvalue weighted by atomic mass is 10.1. The van der Waals surface area contributed by atoms with Crippen molar-refractivity contribution in [3.8, 4) is 0 Å². The summed E-state index contributed by atoms with van der Waals surface area (Å²) in [7, 11) is 0. The van der Waals surface area contributed by atoms with E-state index in [9.17, 15) is 0 Å². The van der Waals surface area contributed by atoms with Gasteiger partial charge in [0, 0.05) is 11.8 Å². The normalized spacial score (nSPS) is 12.0. The lowest BCUT2D eigenvalue weighted by Crippen LogP contribution is -2.04. The number of aryl methyl sites for hydroxylation is 1. The fourth-order valence-corrected chi connectivity index (χ4v) is 2.38. The highest BCUT2D eigenvalue weighted by molar-refractivity contribution is 5.81. The molecule has 0 bridgehead atoms. The number of para-hydroxylation sites is 1. The van der Waals surface area contributed by atoms with E-state index in [0.717, 1.165) is 36.1 Å². The van der Waals surface area contributed by atoms with Gasteiger partial charge in [0.05, 0.1) is 5.69 Å². The van der Waals surface area contributed by atoms with Crippen molar-refractivity contribution in [1.29, 1.82) is 0 Å². The lowest BCUT2D eigenvalue weighted by molar-refractivity contribution is 0.450. The van der Waals surface area contributed by atoms with E-state index in [4.69, 9.17) is 4.42 Å². The van der Waals surface area contributed by atoms with Crippen molar-refractivity contribution in [2.75, 3.05) is 0 Å². The summed E-state index contributed by atoms with van der Waals surface area (Å²) in [6, 6.07) is 20.3. The second-order valence-electron chi connectivity index (χ2n) is 5.16. The van der Waals surface area contributed by atoms with Gasteiger partial charge in [0.2, 0.25) is 5.55 Å². The zero-order valence-corrected chi connectivity index (χ0v) is 12.3. The number of nitrogens with zero attached hydrogens (tertiary/aromatic N) is 1. The molecule has 0 aliphatic carbocycles. The van der Waals surface area contributed by atoms with Crippen LogP contribution in [0.5, 0.6) is 0 Å². The molecule has 0 aliphatic heterocycles. The number of hydrogen-bond donors (Lipinski definition) is 0. The van der Waals surface area contributed by atoms with Gasteiger partial charge >= 0.3 is 0 Å². The van der Waals surface area contributed by atoms with E-state index in [-0.39, 0.29) is 0 Å². The second-order valence-corrected chi connectivity index (χ2v) is 5.16. The van der Waals surface area contributed by atoms with E-state index < -0.39 is 0 Å². The quantitative estimate of drug-likeness (QED) is 0.658. The van der Waals surface area contributed by atoms with E-state index in [1.807, 2.05) is 36.4 Å². The molecule has 2 aromatic carbocycles. The Labute approximate surface area is 124 Å². The van der Waals surface area contributed by atoms with Crippen molar-refractivity contribution in [2.24, 2.45) is 4.99 Å². The van der Waals surface area contributed by atoms with Crippen LogP contribution in [-0.4, -0.2) is 0 Å². The third kappa shape index (κ3) is 3.22. The average molecular weight is 277 g/mol. The minimum atomic E-state index is 0.699. The molecule has 0 aliphatic rings. The highest BCUT2D eigenvalue weighted by Gasteiger charge is 2.03. The molecule has 21 heavy (non-hydrogen) atoms. The Hall–Kier alpha value is -2.35. The molecule has 0 amide bonds. The van der Waals surface area contributed by atoms with Crippen LogP contribution >= 0.6 is 0 Å². The smallest absolute Gasteiger partial charge is 0.227 e. The van der Waals surface area contributed by atoms with Crippen molar-refractivity contribution in [3.05, 3.63) is 72.0 Å². The van der Waals surface area contributed by atoms with Gasteiger partial charge in [0.15, 0.2) is 0 Å². The van der Waals surface area contributed by atoms with Crippen LogP contribution in [0.1, 0.15) is 25.5 Å². The maximum Gasteiger partial charge on any atom is 0.227 e. The van der Waals surface area contributed by atoms with Gasteiger partial charge in [-0.25, -0.2) is 4.99 Å². The number of fused-ring (bicyclic) bond motifs is 1. The molecular weight excluding hydrogens is 258 g/mol. The van der Waals surface area contributed by atoms with Gasteiger partial charge in [-0.3, -0.25) is 0 Å². The lowest BCUT2D eigenvalue weighted by Gasteiger charge is -2.04. The largest absolute Gasteiger partial charge is 0.443 e. The molecule has 0 radical (unpaired) electrons. The molecule has 2 nitrogen and oxygen atoms in total. The minimum absolute atomic E-state index is 0.699. The highest BCUT2D eigenvalue weighted by Crippen LogP contribution is 2.15. The highest BCUT2D eigenvalue weighted by atomic mass is 16.3. The molecule has 0 fully saturated rings. The van der Waals surface area contributed by atoms with Crippen LogP contribution in [0.2, 0.25) is 0 Å². The van der Waals surface area contributed by atoms with Gasteiger partial charge in [-0.1, -0.05) is 49.7 Å². The third-order valence-electron chi connectivity index (χ3n) is 3.50. The van der Waals surface area contributed by atoms with Crippen molar-refractivity contribution >= 4 is 16.5 Å². The monoisotopic (exact) mass is 277 g/mol. The summed E-state index contributed by atoms with van der Waals surface area (Å²) < 4.78 is 6.03. The Kier molecular flexibility index (Phi) is 4.15. The topological polar surface area (TPSA) is 25.5 Å². The van der Waals surface area contributed by atoms with E-state index >= 15 is 0 Å². The first-order chi connectivity index (χ1) is 10.4. The first kappa shape index (κ1) is 13.6. The van der Waals surface area contributed by atoms with E-state index in [2.05, 4.69) is 36.2 Å². The first-order valence-electron chi connectivity index (χ1n) is 7.48. The van der Waals surface area contributed by atoms with Crippen LogP contribution in [0.25, 0.3) is 10.8 Å². The molecule has 1 aromatic heterocycles.